The van der Waals surface area contributed by atoms with E-state index in [0.29, 0.717) is 11.7 Å². The second kappa shape index (κ2) is 6.60. The molecule has 0 spiro atoms. The van der Waals surface area contributed by atoms with Gasteiger partial charge in [-0.3, -0.25) is 20.1 Å². The van der Waals surface area contributed by atoms with E-state index in [2.05, 4.69) is 25.6 Å². The van der Waals surface area contributed by atoms with Crippen molar-refractivity contribution in [3.05, 3.63) is 41.9 Å². The predicted octanol–water partition coefficient (Wildman–Crippen LogP) is 1.61. The quantitative estimate of drug-likeness (QED) is 0.831. The number of aliphatic imine (C=N–C) groups is 1. The monoisotopic (exact) mass is 337 g/mol. The van der Waals surface area contributed by atoms with Gasteiger partial charge in [0.15, 0.2) is 0 Å². The van der Waals surface area contributed by atoms with Crippen LogP contribution in [0.4, 0.5) is 0 Å². The number of ether oxygens (including phenoxy) is 1. The first-order chi connectivity index (χ1) is 12.2. The van der Waals surface area contributed by atoms with E-state index in [1.807, 2.05) is 18.2 Å². The van der Waals surface area contributed by atoms with Crippen molar-refractivity contribution in [2.45, 2.75) is 31.4 Å². The summed E-state index contributed by atoms with van der Waals surface area (Å²) in [5.41, 5.74) is 2.83. The minimum atomic E-state index is -0.214. The summed E-state index contributed by atoms with van der Waals surface area (Å²) in [6.07, 6.45) is 8.36. The SMILES string of the molecule is CO[C@@H]1CCC[C@H]1NC1=N/C(=C\c2ccc3nccnc3c2)C(=O)N1. The highest BCUT2D eigenvalue weighted by atomic mass is 16.5. The molecule has 128 valence electrons. The second-order valence-electron chi connectivity index (χ2n) is 6.20. The lowest BCUT2D eigenvalue weighted by Gasteiger charge is -2.19. The zero-order chi connectivity index (χ0) is 17.2. The number of methoxy groups -OCH3 is 1. The fraction of sp³-hybridized carbons (Fsp3) is 0.333. The molecular formula is C18H19N5O2. The highest BCUT2D eigenvalue weighted by Crippen LogP contribution is 2.22. The Kier molecular flexibility index (Phi) is 4.15. The highest BCUT2D eigenvalue weighted by Gasteiger charge is 2.30. The maximum absolute atomic E-state index is 12.2. The Morgan fingerprint density at radius 2 is 2.08 bits per heavy atom. The molecule has 7 nitrogen and oxygen atoms in total. The molecule has 0 saturated heterocycles. The van der Waals surface area contributed by atoms with E-state index in [-0.39, 0.29) is 18.1 Å². The number of hydrogen-bond donors (Lipinski definition) is 2. The molecule has 1 saturated carbocycles. The number of carbonyl (C=O) groups is 1. The molecule has 0 radical (unpaired) electrons. The van der Waals surface area contributed by atoms with Gasteiger partial charge in [-0.05, 0) is 43.0 Å². The molecule has 1 aliphatic carbocycles. The van der Waals surface area contributed by atoms with Gasteiger partial charge in [-0.2, -0.15) is 0 Å². The summed E-state index contributed by atoms with van der Waals surface area (Å²) in [6, 6.07) is 5.85. The molecule has 2 atom stereocenters. The maximum atomic E-state index is 12.2. The van der Waals surface area contributed by atoms with Crippen molar-refractivity contribution in [2.75, 3.05) is 7.11 Å². The van der Waals surface area contributed by atoms with Gasteiger partial charge in [0, 0.05) is 19.5 Å². The third kappa shape index (κ3) is 3.23. The molecule has 7 heteroatoms. The zero-order valence-corrected chi connectivity index (χ0v) is 13.9. The molecule has 2 heterocycles. The number of amides is 1. The van der Waals surface area contributed by atoms with Crippen LogP contribution < -0.4 is 10.6 Å². The summed E-state index contributed by atoms with van der Waals surface area (Å²) in [5, 5.41) is 6.07. The van der Waals surface area contributed by atoms with Crippen LogP contribution in [0.5, 0.6) is 0 Å². The molecule has 2 N–H and O–H groups in total. The summed E-state index contributed by atoms with van der Waals surface area (Å²) < 4.78 is 5.47. The van der Waals surface area contributed by atoms with Crippen LogP contribution in [-0.4, -0.2) is 41.1 Å². The van der Waals surface area contributed by atoms with Crippen LogP contribution in [0.15, 0.2) is 41.3 Å². The number of guanidine groups is 1. The lowest BCUT2D eigenvalue weighted by molar-refractivity contribution is -0.115. The Morgan fingerprint density at radius 3 is 2.92 bits per heavy atom. The van der Waals surface area contributed by atoms with E-state index in [4.69, 9.17) is 4.74 Å². The van der Waals surface area contributed by atoms with Crippen LogP contribution in [0, 0.1) is 0 Å². The molecule has 25 heavy (non-hydrogen) atoms. The number of hydrogen-bond acceptors (Lipinski definition) is 6. The number of rotatable bonds is 3. The van der Waals surface area contributed by atoms with Gasteiger partial charge in [0.25, 0.3) is 5.91 Å². The summed E-state index contributed by atoms with van der Waals surface area (Å²) in [7, 11) is 1.72. The fourth-order valence-corrected chi connectivity index (χ4v) is 3.31. The minimum Gasteiger partial charge on any atom is -0.379 e. The van der Waals surface area contributed by atoms with Crippen molar-refractivity contribution in [1.29, 1.82) is 0 Å². The van der Waals surface area contributed by atoms with Crippen LogP contribution in [0.3, 0.4) is 0 Å². The van der Waals surface area contributed by atoms with Crippen molar-refractivity contribution in [3.63, 3.8) is 0 Å². The van der Waals surface area contributed by atoms with E-state index in [9.17, 15) is 4.79 Å². The number of carbonyl (C=O) groups excluding carboxylic acids is 1. The molecule has 1 aromatic heterocycles. The summed E-state index contributed by atoms with van der Waals surface area (Å²) >= 11 is 0. The standard InChI is InChI=1S/C18H19N5O2/c1-25-16-4-2-3-13(16)21-18-22-15(17(24)23-18)10-11-5-6-12-14(9-11)20-8-7-19-12/h5-10,13,16H,2-4H2,1H3,(H2,21,22,23,24)/b15-10-/t13-,16-/m1/s1. The third-order valence-corrected chi connectivity index (χ3v) is 4.57. The van der Waals surface area contributed by atoms with Crippen LogP contribution in [0.1, 0.15) is 24.8 Å². The molecule has 0 bridgehead atoms. The van der Waals surface area contributed by atoms with Crippen LogP contribution in [0.2, 0.25) is 0 Å². The van der Waals surface area contributed by atoms with Crippen molar-refractivity contribution in [1.82, 2.24) is 20.6 Å². The Labute approximate surface area is 145 Å². The molecule has 0 unspecified atom stereocenters. The maximum Gasteiger partial charge on any atom is 0.276 e. The Balaban J connectivity index is 1.55. The van der Waals surface area contributed by atoms with Crippen molar-refractivity contribution in [3.8, 4) is 0 Å². The van der Waals surface area contributed by atoms with E-state index in [1.54, 1.807) is 25.6 Å². The number of fused-ring (bicyclic) bond motifs is 1. The Bertz CT molecular complexity index is 877. The van der Waals surface area contributed by atoms with Gasteiger partial charge in [-0.25, -0.2) is 4.99 Å². The van der Waals surface area contributed by atoms with Crippen molar-refractivity contribution >= 4 is 29.0 Å². The van der Waals surface area contributed by atoms with Crippen molar-refractivity contribution < 1.29 is 9.53 Å². The molecule has 4 rings (SSSR count). The Hall–Kier alpha value is -2.80. The number of benzene rings is 1. The van der Waals surface area contributed by atoms with E-state index in [1.165, 1.54) is 0 Å². The molecule has 2 aliphatic rings. The van der Waals surface area contributed by atoms with Gasteiger partial charge < -0.3 is 10.1 Å². The normalized spacial score (nSPS) is 24.6. The van der Waals surface area contributed by atoms with Gasteiger partial charge in [0.1, 0.15) is 5.70 Å². The second-order valence-corrected chi connectivity index (χ2v) is 6.20. The highest BCUT2D eigenvalue weighted by molar-refractivity contribution is 6.13. The van der Waals surface area contributed by atoms with Crippen LogP contribution in [-0.2, 0) is 9.53 Å². The number of aromatic nitrogens is 2. The smallest absolute Gasteiger partial charge is 0.276 e. The molecule has 1 aliphatic heterocycles. The molecule has 2 aromatic rings. The summed E-state index contributed by atoms with van der Waals surface area (Å²) in [4.78, 5) is 25.1. The molecule has 1 aromatic carbocycles. The Morgan fingerprint density at radius 1 is 1.24 bits per heavy atom. The van der Waals surface area contributed by atoms with Gasteiger partial charge >= 0.3 is 0 Å². The molecular weight excluding hydrogens is 318 g/mol. The molecule has 1 amide bonds. The van der Waals surface area contributed by atoms with Gasteiger partial charge in [-0.15, -0.1) is 0 Å². The van der Waals surface area contributed by atoms with Gasteiger partial charge in [-0.1, -0.05) is 6.07 Å². The number of nitrogens with one attached hydrogen (secondary N) is 2. The zero-order valence-electron chi connectivity index (χ0n) is 13.9. The van der Waals surface area contributed by atoms with Gasteiger partial charge in [0.05, 0.1) is 23.2 Å². The predicted molar refractivity (Wildman–Crippen MR) is 94.7 cm³/mol. The van der Waals surface area contributed by atoms with Crippen LogP contribution >= 0.6 is 0 Å². The summed E-state index contributed by atoms with van der Waals surface area (Å²) in [6.45, 7) is 0. The molecule has 1 fully saturated rings. The van der Waals surface area contributed by atoms with Crippen molar-refractivity contribution in [2.24, 2.45) is 4.99 Å². The lowest BCUT2D eigenvalue weighted by atomic mass is 10.1. The average Bonchev–Trinajstić information content (AvgIpc) is 3.21. The fourth-order valence-electron chi connectivity index (χ4n) is 3.31. The van der Waals surface area contributed by atoms with Crippen LogP contribution in [0.25, 0.3) is 17.1 Å². The first-order valence-electron chi connectivity index (χ1n) is 8.35. The van der Waals surface area contributed by atoms with E-state index < -0.39 is 0 Å². The third-order valence-electron chi connectivity index (χ3n) is 4.57. The average molecular weight is 337 g/mol. The summed E-state index contributed by atoms with van der Waals surface area (Å²) in [5.74, 6) is 0.277. The minimum absolute atomic E-state index is 0.159. The number of nitrogens with zero attached hydrogens (tertiary/aromatic N) is 3. The van der Waals surface area contributed by atoms with E-state index >= 15 is 0 Å². The van der Waals surface area contributed by atoms with Gasteiger partial charge in [0.2, 0.25) is 5.96 Å². The largest absolute Gasteiger partial charge is 0.379 e. The first kappa shape index (κ1) is 15.7. The van der Waals surface area contributed by atoms with E-state index in [0.717, 1.165) is 35.9 Å². The lowest BCUT2D eigenvalue weighted by Crippen LogP contribution is -2.46. The topological polar surface area (TPSA) is 88.5 Å². The first-order valence-corrected chi connectivity index (χ1v) is 8.35.